The topological polar surface area (TPSA) is 36.9 Å². The normalized spacial score (nSPS) is 11.5. The lowest BCUT2D eigenvalue weighted by atomic mass is 10.0. The van der Waals surface area contributed by atoms with Gasteiger partial charge in [0.15, 0.2) is 5.29 Å². The molecule has 32 heavy (non-hydrogen) atoms. The summed E-state index contributed by atoms with van der Waals surface area (Å²) in [6, 6.07) is 11.6. The smallest absolute Gasteiger partial charge is 0.188 e. The Balaban J connectivity index is 1.80. The van der Waals surface area contributed by atoms with E-state index in [0.717, 1.165) is 54.1 Å². The lowest BCUT2D eigenvalue weighted by Crippen LogP contribution is -2.07. The summed E-state index contributed by atoms with van der Waals surface area (Å²) in [6.07, 6.45) is 4.77. The molecule has 2 rings (SSSR count). The Labute approximate surface area is 196 Å². The van der Waals surface area contributed by atoms with E-state index < -0.39 is 5.29 Å². The summed E-state index contributed by atoms with van der Waals surface area (Å²) < 4.78 is 35.8. The van der Waals surface area contributed by atoms with Crippen molar-refractivity contribution in [3.63, 3.8) is 0 Å². The van der Waals surface area contributed by atoms with Gasteiger partial charge in [-0.15, -0.1) is 0 Å². The maximum absolute atomic E-state index is 12.7. The van der Waals surface area contributed by atoms with Crippen molar-refractivity contribution < 1.29 is 23.3 Å². The molecule has 0 N–H and O–H groups in total. The third-order valence-electron chi connectivity index (χ3n) is 4.72. The lowest BCUT2D eigenvalue weighted by Gasteiger charge is -2.17. The fraction of sp³-hybridized carbons (Fsp3) is 0.462. The first-order valence-corrected chi connectivity index (χ1v) is 11.6. The van der Waals surface area contributed by atoms with Crippen molar-refractivity contribution in [2.45, 2.75) is 59.5 Å². The second-order valence-electron chi connectivity index (χ2n) is 7.62. The van der Waals surface area contributed by atoms with Gasteiger partial charge >= 0.3 is 0 Å². The molecular formula is C26H34ClFO4. The molecule has 0 aliphatic heterocycles. The molecule has 0 heterocycles. The third kappa shape index (κ3) is 8.99. The lowest BCUT2D eigenvalue weighted by molar-refractivity contribution is 0.241. The van der Waals surface area contributed by atoms with E-state index in [0.29, 0.717) is 19.0 Å². The average Bonchev–Trinajstić information content (AvgIpc) is 2.76. The number of hydrogen-bond acceptors (Lipinski definition) is 4. The highest BCUT2D eigenvalue weighted by Gasteiger charge is 2.11. The SMILES string of the molecule is CCc1cc(OCC=C(F)Cl)cc(CC)c1OCCCCOc1ccc(OC(C)C)cc1. The summed E-state index contributed by atoms with van der Waals surface area (Å²) in [7, 11) is 0. The zero-order valence-corrected chi connectivity index (χ0v) is 20.2. The van der Waals surface area contributed by atoms with Crippen LogP contribution >= 0.6 is 11.6 Å². The van der Waals surface area contributed by atoms with E-state index in [1.54, 1.807) is 0 Å². The minimum Gasteiger partial charge on any atom is -0.494 e. The maximum Gasteiger partial charge on any atom is 0.188 e. The monoisotopic (exact) mass is 464 g/mol. The number of aryl methyl sites for hydroxylation is 2. The van der Waals surface area contributed by atoms with Gasteiger partial charge < -0.3 is 18.9 Å². The van der Waals surface area contributed by atoms with E-state index in [1.807, 2.05) is 50.2 Å². The van der Waals surface area contributed by atoms with Gasteiger partial charge in [-0.3, -0.25) is 0 Å². The van der Waals surface area contributed by atoms with E-state index in [-0.39, 0.29) is 12.7 Å². The van der Waals surface area contributed by atoms with Crippen LogP contribution in [0, 0.1) is 0 Å². The van der Waals surface area contributed by atoms with E-state index in [1.165, 1.54) is 6.08 Å². The molecule has 0 spiro atoms. The van der Waals surface area contributed by atoms with Gasteiger partial charge in [-0.1, -0.05) is 25.4 Å². The molecule has 0 saturated carbocycles. The van der Waals surface area contributed by atoms with Crippen molar-refractivity contribution in [3.05, 3.63) is 58.9 Å². The molecule has 0 amide bonds. The summed E-state index contributed by atoms with van der Waals surface area (Å²) in [5, 5.41) is -0.766. The van der Waals surface area contributed by atoms with E-state index >= 15 is 0 Å². The maximum atomic E-state index is 12.7. The molecule has 0 radical (unpaired) electrons. The minimum absolute atomic E-state index is 0.0926. The van der Waals surface area contributed by atoms with Gasteiger partial charge in [0, 0.05) is 6.08 Å². The van der Waals surface area contributed by atoms with Gasteiger partial charge in [-0.2, -0.15) is 4.39 Å². The summed E-state index contributed by atoms with van der Waals surface area (Å²) in [5.74, 6) is 3.29. The molecule has 2 aromatic rings. The Kier molecular flexibility index (Phi) is 11.2. The largest absolute Gasteiger partial charge is 0.494 e. The number of hydrogen-bond donors (Lipinski definition) is 0. The van der Waals surface area contributed by atoms with Crippen molar-refractivity contribution in [1.82, 2.24) is 0 Å². The van der Waals surface area contributed by atoms with Gasteiger partial charge in [0.05, 0.1) is 19.3 Å². The van der Waals surface area contributed by atoms with Crippen LogP contribution in [-0.2, 0) is 12.8 Å². The number of rotatable bonds is 14. The van der Waals surface area contributed by atoms with Gasteiger partial charge in [0.2, 0.25) is 0 Å². The molecule has 2 aromatic carbocycles. The number of unbranched alkanes of at least 4 members (excludes halogenated alkanes) is 1. The second-order valence-corrected chi connectivity index (χ2v) is 7.99. The molecule has 0 saturated heterocycles. The molecule has 0 bridgehead atoms. The summed E-state index contributed by atoms with van der Waals surface area (Å²) in [6.45, 7) is 9.51. The molecule has 0 unspecified atom stereocenters. The minimum atomic E-state index is -0.766. The van der Waals surface area contributed by atoms with Crippen molar-refractivity contribution in [2.24, 2.45) is 0 Å². The molecule has 4 nitrogen and oxygen atoms in total. The highest BCUT2D eigenvalue weighted by Crippen LogP contribution is 2.31. The second kappa shape index (κ2) is 13.9. The Morgan fingerprint density at radius 3 is 1.97 bits per heavy atom. The molecule has 0 aliphatic rings. The van der Waals surface area contributed by atoms with Crippen molar-refractivity contribution >= 4 is 11.6 Å². The van der Waals surface area contributed by atoms with Crippen LogP contribution in [0.25, 0.3) is 0 Å². The zero-order chi connectivity index (χ0) is 23.3. The third-order valence-corrected chi connectivity index (χ3v) is 4.87. The molecule has 176 valence electrons. The van der Waals surface area contributed by atoms with Crippen LogP contribution in [0.1, 0.15) is 51.7 Å². The quantitative estimate of drug-likeness (QED) is 0.275. The van der Waals surface area contributed by atoms with Gasteiger partial charge in [-0.25, -0.2) is 0 Å². The van der Waals surface area contributed by atoms with Crippen LogP contribution in [0.2, 0.25) is 0 Å². The number of halogens is 2. The Hall–Kier alpha value is -2.40. The predicted octanol–water partition coefficient (Wildman–Crippen LogP) is 7.27. The van der Waals surface area contributed by atoms with E-state index in [2.05, 4.69) is 13.8 Å². The van der Waals surface area contributed by atoms with Gasteiger partial charge in [0.1, 0.15) is 29.6 Å². The van der Waals surface area contributed by atoms with Gasteiger partial charge in [-0.05, 0) is 87.1 Å². The first kappa shape index (κ1) is 25.9. The predicted molar refractivity (Wildman–Crippen MR) is 128 cm³/mol. The van der Waals surface area contributed by atoms with Crippen molar-refractivity contribution in [2.75, 3.05) is 19.8 Å². The molecule has 0 aromatic heterocycles. The summed E-state index contributed by atoms with van der Waals surface area (Å²) >= 11 is 5.22. The van der Waals surface area contributed by atoms with Crippen LogP contribution < -0.4 is 18.9 Å². The van der Waals surface area contributed by atoms with Crippen molar-refractivity contribution in [3.8, 4) is 23.0 Å². The van der Waals surface area contributed by atoms with Crippen LogP contribution in [0.5, 0.6) is 23.0 Å². The molecule has 0 fully saturated rings. The zero-order valence-electron chi connectivity index (χ0n) is 19.5. The fourth-order valence-corrected chi connectivity index (χ4v) is 3.24. The van der Waals surface area contributed by atoms with Crippen LogP contribution in [0.4, 0.5) is 4.39 Å². The Morgan fingerprint density at radius 2 is 1.44 bits per heavy atom. The van der Waals surface area contributed by atoms with Crippen LogP contribution in [-0.4, -0.2) is 25.9 Å². The van der Waals surface area contributed by atoms with E-state index in [4.69, 9.17) is 30.5 Å². The first-order valence-electron chi connectivity index (χ1n) is 11.2. The molecule has 6 heteroatoms. The molecular weight excluding hydrogens is 431 g/mol. The Bertz CT molecular complexity index is 820. The van der Waals surface area contributed by atoms with Crippen LogP contribution in [0.3, 0.4) is 0 Å². The Morgan fingerprint density at radius 1 is 0.875 bits per heavy atom. The molecule has 0 aliphatic carbocycles. The molecule has 0 atom stereocenters. The first-order chi connectivity index (χ1) is 15.4. The number of ether oxygens (including phenoxy) is 4. The van der Waals surface area contributed by atoms with Crippen molar-refractivity contribution in [1.29, 1.82) is 0 Å². The van der Waals surface area contributed by atoms with Gasteiger partial charge in [0.25, 0.3) is 0 Å². The standard InChI is InChI=1S/C26H34ClFO4/c1-5-20-17-24(30-16-13-25(27)28)18-21(6-2)26(20)31-15-8-7-14-29-22-9-11-23(12-10-22)32-19(3)4/h9-13,17-19H,5-8,14-16H2,1-4H3. The van der Waals surface area contributed by atoms with Crippen LogP contribution in [0.15, 0.2) is 47.8 Å². The summed E-state index contributed by atoms with van der Waals surface area (Å²) in [5.41, 5.74) is 2.16. The number of benzene rings is 2. The highest BCUT2D eigenvalue weighted by atomic mass is 35.5. The summed E-state index contributed by atoms with van der Waals surface area (Å²) in [4.78, 5) is 0. The fourth-order valence-electron chi connectivity index (χ4n) is 3.17. The highest BCUT2D eigenvalue weighted by molar-refractivity contribution is 6.28. The average molecular weight is 465 g/mol. The van der Waals surface area contributed by atoms with E-state index in [9.17, 15) is 4.39 Å².